The Kier molecular flexibility index (Phi) is 6.05. The van der Waals surface area contributed by atoms with Gasteiger partial charge in [0.2, 0.25) is 0 Å². The molecule has 4 heteroatoms. The predicted molar refractivity (Wildman–Crippen MR) is 100 cm³/mol. The number of benzene rings is 2. The van der Waals surface area contributed by atoms with Crippen LogP contribution in [0.3, 0.4) is 0 Å². The normalized spacial score (nSPS) is 24.2. The van der Waals surface area contributed by atoms with Crippen LogP contribution in [0.2, 0.25) is 0 Å². The van der Waals surface area contributed by atoms with Gasteiger partial charge in [-0.15, -0.1) is 0 Å². The summed E-state index contributed by atoms with van der Waals surface area (Å²) in [5.74, 6) is 0.301. The van der Waals surface area contributed by atoms with E-state index in [9.17, 15) is 4.39 Å². The lowest BCUT2D eigenvalue weighted by Gasteiger charge is -2.41. The third kappa shape index (κ3) is 4.39. The average molecular weight is 342 g/mol. The fraction of sp³-hybridized carbons (Fsp3) is 0.429. The molecular weight excluding hydrogens is 315 g/mol. The Balaban J connectivity index is 0.000000258. The summed E-state index contributed by atoms with van der Waals surface area (Å²) in [6, 6.07) is 15.6. The number of hydrogen-bond donors (Lipinski definition) is 2. The van der Waals surface area contributed by atoms with E-state index in [1.54, 1.807) is 6.07 Å². The number of aryl methyl sites for hydroxylation is 1. The molecule has 3 atom stereocenters. The van der Waals surface area contributed by atoms with Crippen molar-refractivity contribution in [3.8, 4) is 0 Å². The summed E-state index contributed by atoms with van der Waals surface area (Å²) >= 11 is 0. The molecule has 3 unspecified atom stereocenters. The van der Waals surface area contributed by atoms with Gasteiger partial charge >= 0.3 is 0 Å². The zero-order valence-corrected chi connectivity index (χ0v) is 15.0. The zero-order valence-electron chi connectivity index (χ0n) is 15.0. The highest BCUT2D eigenvalue weighted by Crippen LogP contribution is 2.43. The number of ether oxygens (including phenoxy) is 1. The van der Waals surface area contributed by atoms with Crippen LogP contribution in [0.1, 0.15) is 30.1 Å². The molecule has 4 rings (SSSR count). The van der Waals surface area contributed by atoms with Gasteiger partial charge in [-0.2, -0.15) is 0 Å². The number of fused-ring (bicyclic) bond motifs is 3. The highest BCUT2D eigenvalue weighted by Gasteiger charge is 2.37. The molecule has 2 aliphatic rings. The minimum atomic E-state index is -0.159. The van der Waals surface area contributed by atoms with Crippen molar-refractivity contribution in [3.05, 3.63) is 65.5 Å². The van der Waals surface area contributed by atoms with E-state index in [0.29, 0.717) is 11.6 Å². The van der Waals surface area contributed by atoms with Crippen LogP contribution < -0.4 is 10.6 Å². The van der Waals surface area contributed by atoms with Crippen molar-refractivity contribution in [2.75, 3.05) is 25.5 Å². The van der Waals surface area contributed by atoms with E-state index in [0.717, 1.165) is 37.1 Å². The second-order valence-corrected chi connectivity index (χ2v) is 6.82. The zero-order chi connectivity index (χ0) is 17.6. The van der Waals surface area contributed by atoms with E-state index in [1.807, 2.05) is 50.4 Å². The van der Waals surface area contributed by atoms with Gasteiger partial charge in [-0.1, -0.05) is 42.5 Å². The number of anilines is 1. The van der Waals surface area contributed by atoms with Crippen molar-refractivity contribution in [2.45, 2.75) is 32.0 Å². The fourth-order valence-electron chi connectivity index (χ4n) is 3.65. The fourth-order valence-corrected chi connectivity index (χ4v) is 3.65. The number of hydrogen-bond acceptors (Lipinski definition) is 3. The molecule has 2 heterocycles. The summed E-state index contributed by atoms with van der Waals surface area (Å²) < 4.78 is 20.2. The Bertz CT molecular complexity index is 650. The van der Waals surface area contributed by atoms with Gasteiger partial charge < -0.3 is 15.4 Å². The molecule has 2 aliphatic heterocycles. The number of nitrogens with one attached hydrogen (secondary N) is 2. The van der Waals surface area contributed by atoms with Crippen LogP contribution in [0.25, 0.3) is 0 Å². The van der Waals surface area contributed by atoms with Crippen LogP contribution in [0.5, 0.6) is 0 Å². The SMILES string of the molecule is CNCC1CCC2CNc3c(F)cc(C)cc3C2O1.c1ccccc1. The standard InChI is InChI=1S/C15H21FN2O.C6H6/c1-9-5-12-14(13(16)6-9)18-7-10-3-4-11(8-17-2)19-15(10)12;1-2-4-6-5-3-1/h5-6,10-11,15,17-18H,3-4,7-8H2,1-2H3;1-6H. The third-order valence-electron chi connectivity index (χ3n) is 4.84. The van der Waals surface area contributed by atoms with Crippen molar-refractivity contribution in [1.82, 2.24) is 5.32 Å². The summed E-state index contributed by atoms with van der Waals surface area (Å²) in [6.07, 6.45) is 2.49. The van der Waals surface area contributed by atoms with Crippen molar-refractivity contribution in [1.29, 1.82) is 0 Å². The Morgan fingerprint density at radius 1 is 1.12 bits per heavy atom. The topological polar surface area (TPSA) is 33.3 Å². The lowest BCUT2D eigenvalue weighted by molar-refractivity contribution is -0.0821. The molecule has 0 aromatic heterocycles. The molecule has 0 aliphatic carbocycles. The second-order valence-electron chi connectivity index (χ2n) is 6.82. The summed E-state index contributed by atoms with van der Waals surface area (Å²) in [5, 5.41) is 6.40. The Labute approximate surface area is 149 Å². The lowest BCUT2D eigenvalue weighted by Crippen LogP contribution is -2.40. The molecule has 0 saturated carbocycles. The van der Waals surface area contributed by atoms with E-state index in [2.05, 4.69) is 16.7 Å². The highest BCUT2D eigenvalue weighted by atomic mass is 19.1. The molecule has 2 aromatic carbocycles. The maximum Gasteiger partial charge on any atom is 0.146 e. The van der Waals surface area contributed by atoms with Crippen LogP contribution in [-0.4, -0.2) is 26.2 Å². The summed E-state index contributed by atoms with van der Waals surface area (Å²) in [5.41, 5.74) is 2.59. The predicted octanol–water partition coefficient (Wildman–Crippen LogP) is 4.30. The second kappa shape index (κ2) is 8.45. The highest BCUT2D eigenvalue weighted by molar-refractivity contribution is 5.57. The van der Waals surface area contributed by atoms with E-state index in [4.69, 9.17) is 4.74 Å². The molecule has 0 amide bonds. The quantitative estimate of drug-likeness (QED) is 0.854. The summed E-state index contributed by atoms with van der Waals surface area (Å²) in [4.78, 5) is 0. The van der Waals surface area contributed by atoms with Gasteiger partial charge in [0.1, 0.15) is 5.82 Å². The van der Waals surface area contributed by atoms with Crippen LogP contribution in [0.4, 0.5) is 10.1 Å². The minimum absolute atomic E-state index is 0.0396. The molecular formula is C21H27FN2O. The van der Waals surface area contributed by atoms with Crippen molar-refractivity contribution < 1.29 is 9.13 Å². The first-order valence-corrected chi connectivity index (χ1v) is 9.03. The van der Waals surface area contributed by atoms with E-state index < -0.39 is 0 Å². The number of likely N-dealkylation sites (N-methyl/N-ethyl adjacent to an activating group) is 1. The largest absolute Gasteiger partial charge is 0.382 e. The van der Waals surface area contributed by atoms with Crippen molar-refractivity contribution >= 4 is 5.69 Å². The van der Waals surface area contributed by atoms with Crippen LogP contribution in [-0.2, 0) is 4.74 Å². The van der Waals surface area contributed by atoms with Crippen LogP contribution in [0, 0.1) is 18.7 Å². The molecule has 3 nitrogen and oxygen atoms in total. The molecule has 0 spiro atoms. The molecule has 2 N–H and O–H groups in total. The molecule has 0 radical (unpaired) electrons. The van der Waals surface area contributed by atoms with Crippen LogP contribution in [0.15, 0.2) is 48.5 Å². The third-order valence-corrected chi connectivity index (χ3v) is 4.84. The summed E-state index contributed by atoms with van der Waals surface area (Å²) in [6.45, 7) is 3.60. The van der Waals surface area contributed by atoms with Crippen LogP contribution >= 0.6 is 0 Å². The van der Waals surface area contributed by atoms with Gasteiger partial charge in [0.15, 0.2) is 0 Å². The minimum Gasteiger partial charge on any atom is -0.382 e. The maximum atomic E-state index is 14.0. The van der Waals surface area contributed by atoms with Gasteiger partial charge in [-0.25, -0.2) is 4.39 Å². The van der Waals surface area contributed by atoms with Gasteiger partial charge in [0.05, 0.1) is 17.9 Å². The van der Waals surface area contributed by atoms with E-state index in [-0.39, 0.29) is 18.0 Å². The first-order valence-electron chi connectivity index (χ1n) is 9.03. The molecule has 0 bridgehead atoms. The smallest absolute Gasteiger partial charge is 0.146 e. The Morgan fingerprint density at radius 2 is 1.80 bits per heavy atom. The molecule has 2 aromatic rings. The van der Waals surface area contributed by atoms with Crippen molar-refractivity contribution in [2.24, 2.45) is 5.92 Å². The number of rotatable bonds is 2. The average Bonchev–Trinajstić information content (AvgIpc) is 2.64. The van der Waals surface area contributed by atoms with Gasteiger partial charge in [0, 0.05) is 24.6 Å². The maximum absolute atomic E-state index is 14.0. The lowest BCUT2D eigenvalue weighted by atomic mass is 9.83. The monoisotopic (exact) mass is 342 g/mol. The van der Waals surface area contributed by atoms with E-state index in [1.165, 1.54) is 0 Å². The van der Waals surface area contributed by atoms with Gasteiger partial charge in [0.25, 0.3) is 0 Å². The first-order chi connectivity index (χ1) is 12.2. The Hall–Kier alpha value is -1.91. The van der Waals surface area contributed by atoms with E-state index >= 15 is 0 Å². The molecule has 1 fully saturated rings. The van der Waals surface area contributed by atoms with Gasteiger partial charge in [-0.3, -0.25) is 0 Å². The number of halogens is 1. The summed E-state index contributed by atoms with van der Waals surface area (Å²) in [7, 11) is 1.94. The molecule has 134 valence electrons. The van der Waals surface area contributed by atoms with Crippen molar-refractivity contribution in [3.63, 3.8) is 0 Å². The molecule has 1 saturated heterocycles. The van der Waals surface area contributed by atoms with Gasteiger partial charge in [-0.05, 0) is 38.4 Å². The first kappa shape index (κ1) is 17.9. The molecule has 25 heavy (non-hydrogen) atoms. The Morgan fingerprint density at radius 3 is 2.44 bits per heavy atom.